The highest BCUT2D eigenvalue weighted by atomic mass is 32.2. The number of rotatable bonds is 10. The molecule has 1 heterocycles. The maximum Gasteiger partial charge on any atom is 0.234 e. The van der Waals surface area contributed by atoms with Gasteiger partial charge in [-0.2, -0.15) is 4.68 Å². The van der Waals surface area contributed by atoms with E-state index in [1.165, 1.54) is 11.8 Å². The number of para-hydroxylation sites is 2. The van der Waals surface area contributed by atoms with E-state index in [1.807, 2.05) is 55.5 Å². The van der Waals surface area contributed by atoms with Gasteiger partial charge >= 0.3 is 0 Å². The van der Waals surface area contributed by atoms with E-state index in [-0.39, 0.29) is 11.7 Å². The van der Waals surface area contributed by atoms with Gasteiger partial charge in [-0.3, -0.25) is 4.79 Å². The molecule has 0 radical (unpaired) electrons. The third-order valence-electron chi connectivity index (χ3n) is 4.45. The molecule has 1 N–H and O–H groups in total. The van der Waals surface area contributed by atoms with Crippen molar-refractivity contribution in [3.05, 3.63) is 48.5 Å². The number of ether oxygens (including phenoxy) is 1. The highest BCUT2D eigenvalue weighted by Gasteiger charge is 2.15. The molecule has 3 aromatic rings. The van der Waals surface area contributed by atoms with Crippen LogP contribution in [-0.4, -0.2) is 51.6 Å². The molecule has 0 aliphatic carbocycles. The highest BCUT2D eigenvalue weighted by Crippen LogP contribution is 2.26. The van der Waals surface area contributed by atoms with Crippen LogP contribution in [0, 0.1) is 0 Å². The van der Waals surface area contributed by atoms with Gasteiger partial charge < -0.3 is 15.0 Å². The number of aromatic nitrogens is 4. The normalized spacial score (nSPS) is 10.6. The Morgan fingerprint density at radius 2 is 1.83 bits per heavy atom. The van der Waals surface area contributed by atoms with E-state index >= 15 is 0 Å². The average molecular weight is 427 g/mol. The molecule has 0 unspecified atom stereocenters. The Morgan fingerprint density at radius 1 is 1.10 bits per heavy atom. The molecule has 1 aromatic heterocycles. The number of thioether (sulfide) groups is 1. The lowest BCUT2D eigenvalue weighted by Gasteiger charge is -2.21. The van der Waals surface area contributed by atoms with Gasteiger partial charge in [-0.25, -0.2) is 0 Å². The second-order valence-corrected chi connectivity index (χ2v) is 7.27. The maximum atomic E-state index is 12.4. The van der Waals surface area contributed by atoms with Crippen molar-refractivity contribution in [1.82, 2.24) is 20.2 Å². The Bertz CT molecular complexity index is 956. The number of carbonyl (C=O) groups is 1. The first-order valence-corrected chi connectivity index (χ1v) is 10.9. The summed E-state index contributed by atoms with van der Waals surface area (Å²) in [5.41, 5.74) is 2.64. The number of carbonyl (C=O) groups excluding carboxylic acids is 1. The molecule has 1 amide bonds. The van der Waals surface area contributed by atoms with Crippen molar-refractivity contribution < 1.29 is 9.53 Å². The highest BCUT2D eigenvalue weighted by molar-refractivity contribution is 7.99. The summed E-state index contributed by atoms with van der Waals surface area (Å²) in [7, 11) is 0. The number of hydrogen-bond donors (Lipinski definition) is 1. The minimum atomic E-state index is -0.122. The van der Waals surface area contributed by atoms with Crippen LogP contribution in [0.5, 0.6) is 5.75 Å². The molecule has 0 fully saturated rings. The standard InChI is InChI=1S/C21H26N6O2S/c1-4-26(5-2)17-13-11-16(12-14-17)22-20(28)15-30-21-23-24-25-27(21)18-9-7-8-10-19(18)29-6-3/h7-14H,4-6,15H2,1-3H3,(H,22,28). The topological polar surface area (TPSA) is 85.2 Å². The van der Waals surface area contributed by atoms with Crippen molar-refractivity contribution >= 4 is 29.0 Å². The number of nitrogens with zero attached hydrogens (tertiary/aromatic N) is 5. The summed E-state index contributed by atoms with van der Waals surface area (Å²) in [6.45, 7) is 8.59. The number of nitrogens with one attached hydrogen (secondary N) is 1. The first-order valence-electron chi connectivity index (χ1n) is 9.94. The zero-order valence-electron chi connectivity index (χ0n) is 17.4. The SMILES string of the molecule is CCOc1ccccc1-n1nnnc1SCC(=O)Nc1ccc(N(CC)CC)cc1. The third kappa shape index (κ3) is 5.29. The summed E-state index contributed by atoms with van der Waals surface area (Å²) in [4.78, 5) is 14.7. The Kier molecular flexibility index (Phi) is 7.67. The van der Waals surface area contributed by atoms with Gasteiger partial charge in [0.2, 0.25) is 11.1 Å². The minimum Gasteiger partial charge on any atom is -0.492 e. The predicted octanol–water partition coefficient (Wildman–Crippen LogP) is 3.64. The summed E-state index contributed by atoms with van der Waals surface area (Å²) in [5.74, 6) is 0.754. The van der Waals surface area contributed by atoms with Crippen molar-refractivity contribution in [3.8, 4) is 11.4 Å². The molecule has 158 valence electrons. The van der Waals surface area contributed by atoms with E-state index in [0.29, 0.717) is 17.5 Å². The van der Waals surface area contributed by atoms with Gasteiger partial charge in [-0.15, -0.1) is 5.10 Å². The van der Waals surface area contributed by atoms with E-state index in [9.17, 15) is 4.79 Å². The van der Waals surface area contributed by atoms with Crippen molar-refractivity contribution in [3.63, 3.8) is 0 Å². The van der Waals surface area contributed by atoms with Crippen molar-refractivity contribution in [1.29, 1.82) is 0 Å². The van der Waals surface area contributed by atoms with Crippen LogP contribution < -0.4 is 15.0 Å². The molecule has 0 saturated carbocycles. The molecule has 9 heteroatoms. The monoisotopic (exact) mass is 426 g/mol. The first kappa shape index (κ1) is 21.6. The zero-order valence-corrected chi connectivity index (χ0v) is 18.2. The Labute approximate surface area is 180 Å². The van der Waals surface area contributed by atoms with Crippen molar-refractivity contribution in [2.24, 2.45) is 0 Å². The van der Waals surface area contributed by atoms with Crippen LogP contribution in [0.4, 0.5) is 11.4 Å². The minimum absolute atomic E-state index is 0.122. The van der Waals surface area contributed by atoms with Gasteiger partial charge in [0.05, 0.1) is 12.4 Å². The largest absolute Gasteiger partial charge is 0.492 e. The van der Waals surface area contributed by atoms with Gasteiger partial charge in [0.15, 0.2) is 0 Å². The maximum absolute atomic E-state index is 12.4. The van der Waals surface area contributed by atoms with Gasteiger partial charge in [-0.05, 0) is 67.6 Å². The number of hydrogen-bond acceptors (Lipinski definition) is 7. The predicted molar refractivity (Wildman–Crippen MR) is 120 cm³/mol. The second kappa shape index (κ2) is 10.6. The fourth-order valence-electron chi connectivity index (χ4n) is 3.00. The number of benzene rings is 2. The number of amides is 1. The summed E-state index contributed by atoms with van der Waals surface area (Å²) < 4.78 is 7.24. The summed E-state index contributed by atoms with van der Waals surface area (Å²) in [5, 5.41) is 15.3. The fraction of sp³-hybridized carbons (Fsp3) is 0.333. The molecule has 3 rings (SSSR count). The number of tetrazole rings is 1. The van der Waals surface area contributed by atoms with E-state index < -0.39 is 0 Å². The molecule has 0 aliphatic rings. The molecule has 0 spiro atoms. The van der Waals surface area contributed by atoms with E-state index in [1.54, 1.807) is 4.68 Å². The van der Waals surface area contributed by atoms with Crippen molar-refractivity contribution in [2.75, 3.05) is 35.7 Å². The van der Waals surface area contributed by atoms with E-state index in [4.69, 9.17) is 4.74 Å². The molecule has 0 aliphatic heterocycles. The van der Waals surface area contributed by atoms with Gasteiger partial charge in [0.25, 0.3) is 0 Å². The fourth-order valence-corrected chi connectivity index (χ4v) is 3.69. The lowest BCUT2D eigenvalue weighted by molar-refractivity contribution is -0.113. The van der Waals surface area contributed by atoms with Crippen molar-refractivity contribution in [2.45, 2.75) is 25.9 Å². The average Bonchev–Trinajstić information content (AvgIpc) is 3.23. The van der Waals surface area contributed by atoms with Crippen LogP contribution in [-0.2, 0) is 4.79 Å². The van der Waals surface area contributed by atoms with Gasteiger partial charge in [0, 0.05) is 24.5 Å². The molecular formula is C21H26N6O2S. The van der Waals surface area contributed by atoms with Crippen LogP contribution in [0.1, 0.15) is 20.8 Å². The van der Waals surface area contributed by atoms with Crippen LogP contribution in [0.15, 0.2) is 53.7 Å². The first-order chi connectivity index (χ1) is 14.7. The Morgan fingerprint density at radius 3 is 2.53 bits per heavy atom. The molecule has 0 atom stereocenters. The summed E-state index contributed by atoms with van der Waals surface area (Å²) >= 11 is 1.27. The second-order valence-electron chi connectivity index (χ2n) is 6.33. The van der Waals surface area contributed by atoms with Crippen LogP contribution >= 0.6 is 11.8 Å². The van der Waals surface area contributed by atoms with E-state index in [2.05, 4.69) is 39.6 Å². The summed E-state index contributed by atoms with van der Waals surface area (Å²) in [6, 6.07) is 15.4. The van der Waals surface area contributed by atoms with E-state index in [0.717, 1.165) is 30.2 Å². The lowest BCUT2D eigenvalue weighted by atomic mass is 10.2. The van der Waals surface area contributed by atoms with Crippen LogP contribution in [0.25, 0.3) is 5.69 Å². The third-order valence-corrected chi connectivity index (χ3v) is 5.37. The quantitative estimate of drug-likeness (QED) is 0.495. The summed E-state index contributed by atoms with van der Waals surface area (Å²) in [6.07, 6.45) is 0. The Balaban J connectivity index is 1.62. The lowest BCUT2D eigenvalue weighted by Crippen LogP contribution is -2.21. The molecule has 2 aromatic carbocycles. The molecule has 0 saturated heterocycles. The molecule has 30 heavy (non-hydrogen) atoms. The van der Waals surface area contributed by atoms with Gasteiger partial charge in [0.1, 0.15) is 11.4 Å². The Hall–Kier alpha value is -3.07. The zero-order chi connectivity index (χ0) is 21.3. The van der Waals surface area contributed by atoms with Crippen LogP contribution in [0.3, 0.4) is 0 Å². The molecule has 8 nitrogen and oxygen atoms in total. The molecular weight excluding hydrogens is 400 g/mol. The molecule has 0 bridgehead atoms. The number of anilines is 2. The van der Waals surface area contributed by atoms with Gasteiger partial charge in [-0.1, -0.05) is 23.9 Å². The van der Waals surface area contributed by atoms with Crippen LogP contribution in [0.2, 0.25) is 0 Å². The smallest absolute Gasteiger partial charge is 0.234 e.